The SMILES string of the molecule is O=C(Cc1ccc(Br)o1)C1CCCCO1. The zero-order valence-electron chi connectivity index (χ0n) is 8.37. The molecule has 0 radical (unpaired) electrons. The Morgan fingerprint density at radius 2 is 2.33 bits per heavy atom. The fraction of sp³-hybridized carbons (Fsp3) is 0.545. The van der Waals surface area contributed by atoms with Crippen molar-refractivity contribution in [1.29, 1.82) is 0 Å². The van der Waals surface area contributed by atoms with Gasteiger partial charge in [-0.1, -0.05) is 0 Å². The minimum absolute atomic E-state index is 0.122. The maximum absolute atomic E-state index is 11.8. The Hall–Kier alpha value is -0.610. The number of halogens is 1. The second kappa shape index (κ2) is 4.94. The van der Waals surface area contributed by atoms with E-state index in [0.29, 0.717) is 23.5 Å². The summed E-state index contributed by atoms with van der Waals surface area (Å²) in [6.07, 6.45) is 3.10. The number of hydrogen-bond acceptors (Lipinski definition) is 3. The molecule has 0 aliphatic carbocycles. The van der Waals surface area contributed by atoms with Crippen molar-refractivity contribution in [3.63, 3.8) is 0 Å². The van der Waals surface area contributed by atoms with Gasteiger partial charge in [-0.15, -0.1) is 0 Å². The highest BCUT2D eigenvalue weighted by molar-refractivity contribution is 9.10. The first-order valence-electron chi connectivity index (χ1n) is 5.14. The van der Waals surface area contributed by atoms with Crippen molar-refractivity contribution in [2.24, 2.45) is 0 Å². The predicted octanol–water partition coefficient (Wildman–Crippen LogP) is 2.72. The average molecular weight is 273 g/mol. The molecule has 15 heavy (non-hydrogen) atoms. The van der Waals surface area contributed by atoms with Crippen LogP contribution in [0.1, 0.15) is 25.0 Å². The van der Waals surface area contributed by atoms with Gasteiger partial charge in [-0.3, -0.25) is 4.79 Å². The van der Waals surface area contributed by atoms with Crippen LogP contribution in [-0.4, -0.2) is 18.5 Å². The van der Waals surface area contributed by atoms with E-state index >= 15 is 0 Å². The number of ketones is 1. The topological polar surface area (TPSA) is 39.4 Å². The summed E-state index contributed by atoms with van der Waals surface area (Å²) >= 11 is 3.21. The van der Waals surface area contributed by atoms with Crippen molar-refractivity contribution in [1.82, 2.24) is 0 Å². The molecule has 1 atom stereocenters. The monoisotopic (exact) mass is 272 g/mol. The number of furan rings is 1. The lowest BCUT2D eigenvalue weighted by Crippen LogP contribution is -2.29. The van der Waals surface area contributed by atoms with Crippen molar-refractivity contribution >= 4 is 21.7 Å². The van der Waals surface area contributed by atoms with Crippen molar-refractivity contribution in [2.75, 3.05) is 6.61 Å². The van der Waals surface area contributed by atoms with Gasteiger partial charge in [0.1, 0.15) is 11.9 Å². The molecule has 1 unspecified atom stereocenters. The Bertz CT molecular complexity index is 339. The van der Waals surface area contributed by atoms with Crippen LogP contribution < -0.4 is 0 Å². The number of ether oxygens (including phenoxy) is 1. The summed E-state index contributed by atoms with van der Waals surface area (Å²) in [4.78, 5) is 11.8. The Labute approximate surface area is 96.9 Å². The normalized spacial score (nSPS) is 21.5. The summed E-state index contributed by atoms with van der Waals surface area (Å²) < 4.78 is 11.4. The molecular weight excluding hydrogens is 260 g/mol. The van der Waals surface area contributed by atoms with Crippen LogP contribution in [-0.2, 0) is 16.0 Å². The maximum atomic E-state index is 11.8. The molecule has 0 saturated carbocycles. The van der Waals surface area contributed by atoms with E-state index in [1.807, 2.05) is 6.07 Å². The van der Waals surface area contributed by atoms with E-state index in [4.69, 9.17) is 9.15 Å². The van der Waals surface area contributed by atoms with Gasteiger partial charge < -0.3 is 9.15 Å². The fourth-order valence-corrected chi connectivity index (χ4v) is 2.07. The van der Waals surface area contributed by atoms with Crippen LogP contribution in [0, 0.1) is 0 Å². The smallest absolute Gasteiger partial charge is 0.169 e. The lowest BCUT2D eigenvalue weighted by molar-refractivity contribution is -0.132. The second-order valence-corrected chi connectivity index (χ2v) is 4.49. The Morgan fingerprint density at radius 1 is 1.47 bits per heavy atom. The summed E-state index contributed by atoms with van der Waals surface area (Å²) in [6, 6.07) is 3.61. The number of rotatable bonds is 3. The van der Waals surface area contributed by atoms with E-state index < -0.39 is 0 Å². The van der Waals surface area contributed by atoms with E-state index in [2.05, 4.69) is 15.9 Å². The highest BCUT2D eigenvalue weighted by atomic mass is 79.9. The highest BCUT2D eigenvalue weighted by Crippen LogP contribution is 2.18. The summed E-state index contributed by atoms with van der Waals surface area (Å²) in [6.45, 7) is 0.707. The average Bonchev–Trinajstić information content (AvgIpc) is 2.65. The van der Waals surface area contributed by atoms with Crippen molar-refractivity contribution in [2.45, 2.75) is 31.8 Å². The molecule has 2 rings (SSSR count). The van der Waals surface area contributed by atoms with Crippen LogP contribution in [0.2, 0.25) is 0 Å². The fourth-order valence-electron chi connectivity index (χ4n) is 1.73. The van der Waals surface area contributed by atoms with Crippen molar-refractivity contribution < 1.29 is 13.9 Å². The van der Waals surface area contributed by atoms with Gasteiger partial charge in [0.25, 0.3) is 0 Å². The first kappa shape index (κ1) is 10.9. The van der Waals surface area contributed by atoms with Crippen molar-refractivity contribution in [3.05, 3.63) is 22.6 Å². The third-order valence-electron chi connectivity index (χ3n) is 2.52. The Kier molecular flexibility index (Phi) is 3.59. The summed E-state index contributed by atoms with van der Waals surface area (Å²) in [5, 5.41) is 0. The number of hydrogen-bond donors (Lipinski definition) is 0. The molecule has 1 fully saturated rings. The summed E-state index contributed by atoms with van der Waals surface area (Å²) in [7, 11) is 0. The van der Waals surface area contributed by atoms with E-state index in [0.717, 1.165) is 19.3 Å². The highest BCUT2D eigenvalue weighted by Gasteiger charge is 2.22. The molecule has 1 saturated heterocycles. The molecule has 1 aromatic heterocycles. The molecule has 0 spiro atoms. The third-order valence-corrected chi connectivity index (χ3v) is 2.94. The first-order chi connectivity index (χ1) is 7.25. The van der Waals surface area contributed by atoms with E-state index in [1.165, 1.54) is 0 Å². The van der Waals surface area contributed by atoms with Crippen LogP contribution in [0.3, 0.4) is 0 Å². The minimum Gasteiger partial charge on any atom is -0.454 e. The quantitative estimate of drug-likeness (QED) is 0.850. The largest absolute Gasteiger partial charge is 0.454 e. The Balaban J connectivity index is 1.91. The van der Waals surface area contributed by atoms with Crippen LogP contribution >= 0.6 is 15.9 Å². The van der Waals surface area contributed by atoms with Gasteiger partial charge in [0, 0.05) is 6.61 Å². The second-order valence-electron chi connectivity index (χ2n) is 3.70. The van der Waals surface area contributed by atoms with Crippen molar-refractivity contribution in [3.8, 4) is 0 Å². The van der Waals surface area contributed by atoms with Crippen LogP contribution in [0.5, 0.6) is 0 Å². The molecule has 0 aromatic carbocycles. The minimum atomic E-state index is -0.220. The zero-order valence-corrected chi connectivity index (χ0v) is 9.96. The standard InChI is InChI=1S/C11H13BrO3/c12-11-5-4-8(15-11)7-9(13)10-3-1-2-6-14-10/h4-5,10H,1-3,6-7H2. The molecule has 1 aliphatic rings. The molecule has 1 aliphatic heterocycles. The van der Waals surface area contributed by atoms with Gasteiger partial charge in [0.15, 0.2) is 10.5 Å². The molecule has 0 bridgehead atoms. The van der Waals surface area contributed by atoms with Gasteiger partial charge in [0.05, 0.1) is 6.42 Å². The van der Waals surface area contributed by atoms with Gasteiger partial charge >= 0.3 is 0 Å². The van der Waals surface area contributed by atoms with E-state index in [1.54, 1.807) is 6.07 Å². The molecule has 2 heterocycles. The number of carbonyl (C=O) groups is 1. The van der Waals surface area contributed by atoms with Gasteiger partial charge in [-0.2, -0.15) is 0 Å². The molecular formula is C11H13BrO3. The summed E-state index contributed by atoms with van der Waals surface area (Å²) in [5.74, 6) is 0.817. The zero-order chi connectivity index (χ0) is 10.7. The molecule has 82 valence electrons. The van der Waals surface area contributed by atoms with E-state index in [9.17, 15) is 4.79 Å². The molecule has 1 aromatic rings. The maximum Gasteiger partial charge on any atom is 0.169 e. The third kappa shape index (κ3) is 2.92. The molecule has 0 N–H and O–H groups in total. The molecule has 4 heteroatoms. The number of carbonyl (C=O) groups excluding carboxylic acids is 1. The van der Waals surface area contributed by atoms with Crippen LogP contribution in [0.25, 0.3) is 0 Å². The van der Waals surface area contributed by atoms with Crippen LogP contribution in [0.4, 0.5) is 0 Å². The molecule has 3 nitrogen and oxygen atoms in total. The number of Topliss-reactive ketones (excluding diaryl/α,β-unsaturated/α-hetero) is 1. The van der Waals surface area contributed by atoms with Crippen LogP contribution in [0.15, 0.2) is 21.2 Å². The van der Waals surface area contributed by atoms with Gasteiger partial charge in [-0.05, 0) is 47.3 Å². The first-order valence-corrected chi connectivity index (χ1v) is 5.93. The van der Waals surface area contributed by atoms with Gasteiger partial charge in [0.2, 0.25) is 0 Å². The lowest BCUT2D eigenvalue weighted by atomic mass is 10.0. The van der Waals surface area contributed by atoms with E-state index in [-0.39, 0.29) is 11.9 Å². The molecule has 0 amide bonds. The Morgan fingerprint density at radius 3 is 2.93 bits per heavy atom. The predicted molar refractivity (Wildman–Crippen MR) is 58.7 cm³/mol. The van der Waals surface area contributed by atoms with Gasteiger partial charge in [-0.25, -0.2) is 0 Å². The lowest BCUT2D eigenvalue weighted by Gasteiger charge is -2.20. The summed E-state index contributed by atoms with van der Waals surface area (Å²) in [5.41, 5.74) is 0.